The molecule has 2 N–H and O–H groups in total. The van der Waals surface area contributed by atoms with Crippen LogP contribution in [-0.2, 0) is 21.2 Å². The average molecular weight is 432 g/mol. The van der Waals surface area contributed by atoms with Gasteiger partial charge in [-0.05, 0) is 23.8 Å². The van der Waals surface area contributed by atoms with Crippen molar-refractivity contribution in [3.05, 3.63) is 63.7 Å². The van der Waals surface area contributed by atoms with Gasteiger partial charge in [-0.3, -0.25) is 24.6 Å². The lowest BCUT2D eigenvalue weighted by molar-refractivity contribution is -0.385. The zero-order valence-electron chi connectivity index (χ0n) is 15.6. The Balaban J connectivity index is 1.84. The van der Waals surface area contributed by atoms with Crippen LogP contribution in [0.15, 0.2) is 47.4 Å². The summed E-state index contributed by atoms with van der Waals surface area (Å²) in [7, 11) is -3.78. The van der Waals surface area contributed by atoms with E-state index in [0.717, 1.165) is 29.4 Å². The number of nitro benzene ring substituents is 1. The highest BCUT2D eigenvalue weighted by molar-refractivity contribution is 7.90. The minimum Gasteiger partial charge on any atom is -0.329 e. The van der Waals surface area contributed by atoms with E-state index in [1.807, 2.05) is 0 Å². The van der Waals surface area contributed by atoms with E-state index in [9.17, 15) is 32.9 Å². The number of nitro groups is 1. The van der Waals surface area contributed by atoms with Gasteiger partial charge in [0.05, 0.1) is 22.9 Å². The molecule has 3 rings (SSSR count). The first-order valence-corrected chi connectivity index (χ1v) is 10.4. The lowest BCUT2D eigenvalue weighted by Crippen LogP contribution is -2.30. The van der Waals surface area contributed by atoms with Gasteiger partial charge in [-0.25, -0.2) is 13.2 Å². The molecule has 2 aromatic rings. The number of hydrogen-bond donors (Lipinski definition) is 2. The minimum absolute atomic E-state index is 0.00339. The molecule has 0 spiro atoms. The summed E-state index contributed by atoms with van der Waals surface area (Å²) in [6.07, 6.45) is 0.882. The molecular weight excluding hydrogens is 416 g/mol. The fraction of sp³-hybridized carbons (Fsp3) is 0.167. The van der Waals surface area contributed by atoms with Crippen molar-refractivity contribution in [3.63, 3.8) is 0 Å². The molecule has 12 heteroatoms. The van der Waals surface area contributed by atoms with Crippen LogP contribution >= 0.6 is 0 Å². The molecule has 11 nitrogen and oxygen atoms in total. The summed E-state index contributed by atoms with van der Waals surface area (Å²) in [6, 6.07) is 8.72. The van der Waals surface area contributed by atoms with Gasteiger partial charge in [-0.1, -0.05) is 12.1 Å². The number of urea groups is 1. The number of amides is 4. The predicted octanol–water partition coefficient (Wildman–Crippen LogP) is 1.30. The summed E-state index contributed by atoms with van der Waals surface area (Å²) in [4.78, 5) is 46.9. The molecule has 1 saturated heterocycles. The molecule has 2 aromatic carbocycles. The van der Waals surface area contributed by atoms with E-state index in [2.05, 4.69) is 10.6 Å². The number of nitrogens with one attached hydrogen (secondary N) is 2. The molecular formula is C18H16N4O7S. The van der Waals surface area contributed by atoms with E-state index in [1.165, 1.54) is 6.07 Å². The highest BCUT2D eigenvalue weighted by Crippen LogP contribution is 2.22. The SMILES string of the molecule is CS(=O)(=O)c1cc(C(=O)Nc2cccc(CN3C(=O)CNC3=O)c2)cc([N+](=O)[O-])c1. The Labute approximate surface area is 170 Å². The third-order valence-corrected chi connectivity index (χ3v) is 5.35. The molecule has 30 heavy (non-hydrogen) atoms. The average Bonchev–Trinajstić information content (AvgIpc) is 2.99. The highest BCUT2D eigenvalue weighted by atomic mass is 32.2. The molecule has 0 aromatic heterocycles. The number of carbonyl (C=O) groups is 3. The lowest BCUT2D eigenvalue weighted by Gasteiger charge is -2.13. The maximum Gasteiger partial charge on any atom is 0.324 e. The number of sulfone groups is 1. The molecule has 0 unspecified atom stereocenters. The standard InChI is InChI=1S/C18H16N4O7S/c1-30(28,29)15-7-12(6-14(8-15)22(26)27)17(24)20-13-4-2-3-11(5-13)10-21-16(23)9-19-18(21)25/h2-8H,9-10H2,1H3,(H,19,25)(H,20,24). The molecule has 0 saturated carbocycles. The van der Waals surface area contributed by atoms with Crippen LogP contribution in [-0.4, -0.2) is 48.9 Å². The second-order valence-corrected chi connectivity index (χ2v) is 8.55. The van der Waals surface area contributed by atoms with Gasteiger partial charge in [0.25, 0.3) is 11.6 Å². The molecule has 0 aliphatic carbocycles. The summed E-state index contributed by atoms with van der Waals surface area (Å²) >= 11 is 0. The van der Waals surface area contributed by atoms with E-state index in [4.69, 9.17) is 0 Å². The van der Waals surface area contributed by atoms with Crippen molar-refractivity contribution in [1.29, 1.82) is 0 Å². The van der Waals surface area contributed by atoms with Crippen LogP contribution in [0.4, 0.5) is 16.2 Å². The van der Waals surface area contributed by atoms with E-state index < -0.39 is 32.4 Å². The topological polar surface area (TPSA) is 156 Å². The maximum atomic E-state index is 12.6. The van der Waals surface area contributed by atoms with Crippen LogP contribution < -0.4 is 10.6 Å². The number of rotatable bonds is 6. The zero-order valence-corrected chi connectivity index (χ0v) is 16.4. The van der Waals surface area contributed by atoms with Crippen LogP contribution in [0, 0.1) is 10.1 Å². The van der Waals surface area contributed by atoms with E-state index >= 15 is 0 Å². The highest BCUT2D eigenvalue weighted by Gasteiger charge is 2.28. The Morgan fingerprint density at radius 3 is 2.57 bits per heavy atom. The van der Waals surface area contributed by atoms with E-state index in [0.29, 0.717) is 11.3 Å². The summed E-state index contributed by atoms with van der Waals surface area (Å²) in [5, 5.41) is 16.0. The van der Waals surface area contributed by atoms with Crippen molar-refractivity contribution in [2.75, 3.05) is 18.1 Å². The van der Waals surface area contributed by atoms with Crippen LogP contribution in [0.1, 0.15) is 15.9 Å². The maximum absolute atomic E-state index is 12.6. The number of nitrogens with zero attached hydrogens (tertiary/aromatic N) is 2. The van der Waals surface area contributed by atoms with Gasteiger partial charge in [0.2, 0.25) is 5.91 Å². The molecule has 1 heterocycles. The van der Waals surface area contributed by atoms with Gasteiger partial charge in [-0.2, -0.15) is 0 Å². The van der Waals surface area contributed by atoms with Gasteiger partial charge in [-0.15, -0.1) is 0 Å². The lowest BCUT2D eigenvalue weighted by atomic mass is 10.1. The van der Waals surface area contributed by atoms with Gasteiger partial charge < -0.3 is 10.6 Å². The van der Waals surface area contributed by atoms with Crippen LogP contribution in [0.5, 0.6) is 0 Å². The number of hydrogen-bond acceptors (Lipinski definition) is 7. The Bertz CT molecular complexity index is 1160. The number of benzene rings is 2. The Kier molecular flexibility index (Phi) is 5.52. The first-order chi connectivity index (χ1) is 14.0. The molecule has 0 atom stereocenters. The first kappa shape index (κ1) is 20.9. The fourth-order valence-electron chi connectivity index (χ4n) is 2.78. The fourth-order valence-corrected chi connectivity index (χ4v) is 3.46. The monoisotopic (exact) mass is 432 g/mol. The van der Waals surface area contributed by atoms with Gasteiger partial charge in [0, 0.05) is 29.6 Å². The second-order valence-electron chi connectivity index (χ2n) is 6.54. The molecule has 1 aliphatic rings. The summed E-state index contributed by atoms with van der Waals surface area (Å²) in [6.45, 7) is -0.0753. The number of imide groups is 1. The third kappa shape index (κ3) is 4.60. The molecule has 156 valence electrons. The normalized spacial score (nSPS) is 13.8. The first-order valence-electron chi connectivity index (χ1n) is 8.52. The molecule has 0 radical (unpaired) electrons. The number of carbonyl (C=O) groups excluding carboxylic acids is 3. The van der Waals surface area contributed by atoms with Gasteiger partial charge in [0.15, 0.2) is 9.84 Å². The Hall–Kier alpha value is -3.80. The Morgan fingerprint density at radius 1 is 1.23 bits per heavy atom. The summed E-state index contributed by atoms with van der Waals surface area (Å²) in [5.74, 6) is -1.13. The van der Waals surface area contributed by atoms with Crippen molar-refractivity contribution >= 4 is 39.1 Å². The van der Waals surface area contributed by atoms with Crippen LogP contribution in [0.2, 0.25) is 0 Å². The van der Waals surface area contributed by atoms with Crippen molar-refractivity contribution in [1.82, 2.24) is 10.2 Å². The van der Waals surface area contributed by atoms with Crippen molar-refractivity contribution in [2.24, 2.45) is 0 Å². The molecule has 1 aliphatic heterocycles. The van der Waals surface area contributed by atoms with Gasteiger partial charge >= 0.3 is 6.03 Å². The molecule has 1 fully saturated rings. The predicted molar refractivity (Wildman–Crippen MR) is 105 cm³/mol. The quantitative estimate of drug-likeness (QED) is 0.396. The zero-order chi connectivity index (χ0) is 22.1. The summed E-state index contributed by atoms with van der Waals surface area (Å²) in [5.41, 5.74) is 0.130. The van der Waals surface area contributed by atoms with Crippen LogP contribution in [0.3, 0.4) is 0 Å². The smallest absolute Gasteiger partial charge is 0.324 e. The van der Waals surface area contributed by atoms with Crippen molar-refractivity contribution in [3.8, 4) is 0 Å². The van der Waals surface area contributed by atoms with E-state index in [1.54, 1.807) is 18.2 Å². The largest absolute Gasteiger partial charge is 0.329 e. The van der Waals surface area contributed by atoms with E-state index in [-0.39, 0.29) is 29.5 Å². The number of non-ortho nitro benzene ring substituents is 1. The Morgan fingerprint density at radius 2 is 1.97 bits per heavy atom. The van der Waals surface area contributed by atoms with Gasteiger partial charge in [0.1, 0.15) is 0 Å². The van der Waals surface area contributed by atoms with Crippen molar-refractivity contribution in [2.45, 2.75) is 11.4 Å². The van der Waals surface area contributed by atoms with Crippen molar-refractivity contribution < 1.29 is 27.7 Å². The minimum atomic E-state index is -3.78. The number of anilines is 1. The third-order valence-electron chi connectivity index (χ3n) is 4.26. The van der Waals surface area contributed by atoms with Crippen LogP contribution in [0.25, 0.3) is 0 Å². The second kappa shape index (κ2) is 7.91. The summed E-state index contributed by atoms with van der Waals surface area (Å²) < 4.78 is 23.6. The molecule has 0 bridgehead atoms. The molecule has 4 amide bonds.